The van der Waals surface area contributed by atoms with Crippen LogP contribution in [0.4, 0.5) is 0 Å². The van der Waals surface area contributed by atoms with Crippen molar-refractivity contribution >= 4 is 29.9 Å². The van der Waals surface area contributed by atoms with Crippen molar-refractivity contribution in [2.24, 2.45) is 23.9 Å². The first kappa shape index (κ1) is 18.3. The quantitative estimate of drug-likeness (QED) is 0.475. The van der Waals surface area contributed by atoms with Gasteiger partial charge in [-0.2, -0.15) is 0 Å². The van der Waals surface area contributed by atoms with Gasteiger partial charge in [-0.05, 0) is 36.8 Å². The first-order chi connectivity index (χ1) is 9.60. The summed E-state index contributed by atoms with van der Waals surface area (Å²) < 4.78 is 2.14. The zero-order valence-corrected chi connectivity index (χ0v) is 16.0. The summed E-state index contributed by atoms with van der Waals surface area (Å²) in [6.07, 6.45) is 4.70. The van der Waals surface area contributed by atoms with E-state index >= 15 is 0 Å². The van der Waals surface area contributed by atoms with E-state index in [9.17, 15) is 0 Å². The van der Waals surface area contributed by atoms with E-state index in [0.717, 1.165) is 37.4 Å². The highest BCUT2D eigenvalue weighted by Gasteiger charge is 2.25. The summed E-state index contributed by atoms with van der Waals surface area (Å²) >= 11 is 0. The molecular formula is C16H29IN4. The second-order valence-corrected chi connectivity index (χ2v) is 6.24. The van der Waals surface area contributed by atoms with E-state index in [1.54, 1.807) is 0 Å². The van der Waals surface area contributed by atoms with E-state index in [1.807, 2.05) is 7.05 Å². The lowest BCUT2D eigenvalue weighted by Gasteiger charge is -2.22. The van der Waals surface area contributed by atoms with Gasteiger partial charge in [-0.1, -0.05) is 13.8 Å². The second-order valence-electron chi connectivity index (χ2n) is 6.24. The summed E-state index contributed by atoms with van der Waals surface area (Å²) in [5, 5.41) is 3.48. The predicted molar refractivity (Wildman–Crippen MR) is 100 cm³/mol. The van der Waals surface area contributed by atoms with Gasteiger partial charge in [0.25, 0.3) is 0 Å². The smallest absolute Gasteiger partial charge is 0.193 e. The Balaban J connectivity index is 0.00000220. The molecule has 120 valence electrons. The highest BCUT2D eigenvalue weighted by molar-refractivity contribution is 14.0. The van der Waals surface area contributed by atoms with Crippen LogP contribution in [0.5, 0.6) is 0 Å². The maximum atomic E-state index is 4.43. The Kier molecular flexibility index (Phi) is 7.56. The molecule has 1 unspecified atom stereocenters. The number of likely N-dealkylation sites (tertiary alicyclic amines) is 1. The summed E-state index contributed by atoms with van der Waals surface area (Å²) in [6, 6.07) is 4.22. The summed E-state index contributed by atoms with van der Waals surface area (Å²) in [5.41, 5.74) is 1.28. The highest BCUT2D eigenvalue weighted by Crippen LogP contribution is 2.23. The molecule has 0 amide bonds. The van der Waals surface area contributed by atoms with Gasteiger partial charge >= 0.3 is 0 Å². The number of aromatic nitrogens is 1. The minimum absolute atomic E-state index is 0. The maximum Gasteiger partial charge on any atom is 0.193 e. The van der Waals surface area contributed by atoms with Crippen LogP contribution in [0, 0.1) is 11.8 Å². The number of nitrogens with zero attached hydrogens (tertiary/aromatic N) is 3. The van der Waals surface area contributed by atoms with Crippen molar-refractivity contribution in [2.45, 2.75) is 33.2 Å². The Labute approximate surface area is 146 Å². The number of aryl methyl sites for hydroxylation is 1. The van der Waals surface area contributed by atoms with Gasteiger partial charge < -0.3 is 14.8 Å². The predicted octanol–water partition coefficient (Wildman–Crippen LogP) is 3.09. The zero-order chi connectivity index (χ0) is 14.5. The normalized spacial score (nSPS) is 19.0. The Bertz CT molecular complexity index is 453. The van der Waals surface area contributed by atoms with Crippen LogP contribution in [0.15, 0.2) is 23.3 Å². The third-order valence-electron chi connectivity index (χ3n) is 4.08. The molecule has 0 spiro atoms. The zero-order valence-electron chi connectivity index (χ0n) is 13.7. The molecule has 1 aromatic rings. The molecule has 1 N–H and O–H groups in total. The lowest BCUT2D eigenvalue weighted by Crippen LogP contribution is -2.40. The average Bonchev–Trinajstić information content (AvgIpc) is 3.00. The van der Waals surface area contributed by atoms with E-state index in [4.69, 9.17) is 0 Å². The Hall–Kier alpha value is -0.720. The third kappa shape index (κ3) is 5.20. The molecule has 21 heavy (non-hydrogen) atoms. The molecule has 0 aromatic carbocycles. The van der Waals surface area contributed by atoms with Gasteiger partial charge in [0.2, 0.25) is 0 Å². The SMILES string of the molecule is CN=C(NCc1cccn1C)N1CCC(CC(C)C)C1.I. The van der Waals surface area contributed by atoms with Crippen LogP contribution >= 0.6 is 24.0 Å². The largest absolute Gasteiger partial charge is 0.353 e. The fraction of sp³-hybridized carbons (Fsp3) is 0.688. The number of rotatable bonds is 4. The van der Waals surface area contributed by atoms with Crippen molar-refractivity contribution in [3.8, 4) is 0 Å². The number of hydrogen-bond donors (Lipinski definition) is 1. The first-order valence-electron chi connectivity index (χ1n) is 7.66. The van der Waals surface area contributed by atoms with Crippen LogP contribution < -0.4 is 5.32 Å². The lowest BCUT2D eigenvalue weighted by molar-refractivity contribution is 0.403. The summed E-state index contributed by atoms with van der Waals surface area (Å²) in [4.78, 5) is 6.83. The molecule has 0 aliphatic carbocycles. The average molecular weight is 404 g/mol. The van der Waals surface area contributed by atoms with Crippen molar-refractivity contribution in [1.29, 1.82) is 0 Å². The van der Waals surface area contributed by atoms with Crippen LogP contribution in [0.2, 0.25) is 0 Å². The first-order valence-corrected chi connectivity index (χ1v) is 7.66. The molecular weight excluding hydrogens is 375 g/mol. The van der Waals surface area contributed by atoms with Crippen LogP contribution in [0.3, 0.4) is 0 Å². The van der Waals surface area contributed by atoms with Crippen molar-refractivity contribution in [3.05, 3.63) is 24.0 Å². The molecule has 0 saturated carbocycles. The minimum Gasteiger partial charge on any atom is -0.353 e. The Morgan fingerprint density at radius 3 is 2.81 bits per heavy atom. The van der Waals surface area contributed by atoms with Crippen molar-refractivity contribution in [2.75, 3.05) is 20.1 Å². The maximum absolute atomic E-state index is 4.43. The van der Waals surface area contributed by atoms with Gasteiger partial charge in [-0.25, -0.2) is 0 Å². The van der Waals surface area contributed by atoms with Gasteiger partial charge in [0.05, 0.1) is 6.54 Å². The number of guanidine groups is 1. The molecule has 2 heterocycles. The van der Waals surface area contributed by atoms with E-state index in [0.29, 0.717) is 0 Å². The van der Waals surface area contributed by atoms with Crippen LogP contribution in [-0.4, -0.2) is 35.6 Å². The lowest BCUT2D eigenvalue weighted by atomic mass is 9.97. The second kappa shape index (κ2) is 8.66. The fourth-order valence-electron chi connectivity index (χ4n) is 3.07. The Morgan fingerprint density at radius 1 is 1.48 bits per heavy atom. The van der Waals surface area contributed by atoms with E-state index < -0.39 is 0 Å². The molecule has 1 aromatic heterocycles. The molecule has 1 saturated heterocycles. The van der Waals surface area contributed by atoms with Crippen LogP contribution in [0.1, 0.15) is 32.4 Å². The molecule has 1 atom stereocenters. The molecule has 1 aliphatic rings. The number of halogens is 1. The monoisotopic (exact) mass is 404 g/mol. The van der Waals surface area contributed by atoms with Gasteiger partial charge in [0.1, 0.15) is 0 Å². The fourth-order valence-corrected chi connectivity index (χ4v) is 3.07. The standard InChI is InChI=1S/C16H28N4.HI/c1-13(2)10-14-7-9-20(12-14)16(17-3)18-11-15-6-5-8-19(15)4;/h5-6,8,13-14H,7,9-12H2,1-4H3,(H,17,18);1H. The molecule has 2 rings (SSSR count). The molecule has 1 fully saturated rings. The minimum atomic E-state index is 0. The van der Waals surface area contributed by atoms with Gasteiger partial charge in [0.15, 0.2) is 5.96 Å². The number of aliphatic imine (C=N–C) groups is 1. The van der Waals surface area contributed by atoms with Crippen LogP contribution in [-0.2, 0) is 13.6 Å². The van der Waals surface area contributed by atoms with Gasteiger partial charge in [0, 0.05) is 39.1 Å². The molecule has 5 heteroatoms. The summed E-state index contributed by atoms with van der Waals surface area (Å²) in [6.45, 7) is 7.73. The van der Waals surface area contributed by atoms with E-state index in [-0.39, 0.29) is 24.0 Å². The molecule has 0 bridgehead atoms. The van der Waals surface area contributed by atoms with Crippen molar-refractivity contribution in [1.82, 2.24) is 14.8 Å². The number of nitrogens with one attached hydrogen (secondary N) is 1. The van der Waals surface area contributed by atoms with Gasteiger partial charge in [-0.15, -0.1) is 24.0 Å². The van der Waals surface area contributed by atoms with Crippen LogP contribution in [0.25, 0.3) is 0 Å². The van der Waals surface area contributed by atoms with Crippen molar-refractivity contribution in [3.63, 3.8) is 0 Å². The third-order valence-corrected chi connectivity index (χ3v) is 4.08. The number of hydrogen-bond acceptors (Lipinski definition) is 1. The molecule has 0 radical (unpaired) electrons. The summed E-state index contributed by atoms with van der Waals surface area (Å²) in [7, 11) is 3.96. The summed E-state index contributed by atoms with van der Waals surface area (Å²) in [5.74, 6) is 2.65. The molecule has 4 nitrogen and oxygen atoms in total. The topological polar surface area (TPSA) is 32.6 Å². The Morgan fingerprint density at radius 2 is 2.24 bits per heavy atom. The highest BCUT2D eigenvalue weighted by atomic mass is 127. The van der Waals surface area contributed by atoms with Gasteiger partial charge in [-0.3, -0.25) is 4.99 Å². The molecule has 1 aliphatic heterocycles. The van der Waals surface area contributed by atoms with Crippen molar-refractivity contribution < 1.29 is 0 Å². The van der Waals surface area contributed by atoms with E-state index in [2.05, 4.69) is 59.0 Å². The van der Waals surface area contributed by atoms with E-state index in [1.165, 1.54) is 18.5 Å².